The van der Waals surface area contributed by atoms with Crippen LogP contribution < -0.4 is 0 Å². The number of aliphatic hydroxyl groups is 1. The molecule has 5 heteroatoms. The van der Waals surface area contributed by atoms with E-state index >= 15 is 0 Å². The van der Waals surface area contributed by atoms with Crippen molar-refractivity contribution in [1.29, 1.82) is 0 Å². The Morgan fingerprint density at radius 3 is 2.71 bits per heavy atom. The normalized spacial score (nSPS) is 12.8. The number of hydrogen-bond donors (Lipinski definition) is 1. The predicted molar refractivity (Wildman–Crippen MR) is 84.5 cm³/mol. The summed E-state index contributed by atoms with van der Waals surface area (Å²) in [6, 6.07) is 11.0. The van der Waals surface area contributed by atoms with Gasteiger partial charge in [-0.1, -0.05) is 22.0 Å². The van der Waals surface area contributed by atoms with E-state index < -0.39 is 6.10 Å². The van der Waals surface area contributed by atoms with Crippen LogP contribution in [0.2, 0.25) is 0 Å². The third-order valence-electron chi connectivity index (χ3n) is 3.25. The molecule has 1 N–H and O–H groups in total. The van der Waals surface area contributed by atoms with Gasteiger partial charge in [-0.25, -0.2) is 8.78 Å². The lowest BCUT2D eigenvalue weighted by molar-refractivity contribution is 0.181. The molecule has 3 aromatic rings. The van der Waals surface area contributed by atoms with Gasteiger partial charge in [0.2, 0.25) is 0 Å². The first kappa shape index (κ1) is 14.6. The Kier molecular flexibility index (Phi) is 4.06. The van der Waals surface area contributed by atoms with Crippen molar-refractivity contribution >= 4 is 37.4 Å². The average molecular weight is 369 g/mol. The fourth-order valence-corrected chi connectivity index (χ4v) is 3.68. The fourth-order valence-electron chi connectivity index (χ4n) is 2.20. The smallest absolute Gasteiger partial charge is 0.126 e. The van der Waals surface area contributed by atoms with Crippen LogP contribution in [-0.2, 0) is 6.42 Å². The molecule has 0 saturated heterocycles. The van der Waals surface area contributed by atoms with E-state index in [1.165, 1.54) is 29.5 Å². The lowest BCUT2D eigenvalue weighted by atomic mass is 10.1. The maximum atomic E-state index is 13.7. The molecule has 1 atom stereocenters. The molecule has 0 aliphatic carbocycles. The summed E-state index contributed by atoms with van der Waals surface area (Å²) < 4.78 is 28.5. The van der Waals surface area contributed by atoms with Gasteiger partial charge in [-0.05, 0) is 47.3 Å². The van der Waals surface area contributed by atoms with Crippen molar-refractivity contribution in [3.05, 3.63) is 69.0 Å². The largest absolute Gasteiger partial charge is 0.387 e. The molecule has 1 heterocycles. The van der Waals surface area contributed by atoms with Crippen LogP contribution in [0.1, 0.15) is 16.5 Å². The van der Waals surface area contributed by atoms with E-state index in [-0.39, 0.29) is 18.1 Å². The molecule has 0 bridgehead atoms. The van der Waals surface area contributed by atoms with Gasteiger partial charge in [-0.2, -0.15) is 0 Å². The Balaban J connectivity index is 1.89. The standard InChI is InChI=1S/C16H11BrF2OS/c17-11-2-4-13(19)10(5-11)6-14(20)16-7-9-1-3-12(18)8-15(9)21-16/h1-5,7-8,14,20H,6H2. The molecule has 0 fully saturated rings. The first-order valence-corrected chi connectivity index (χ1v) is 7.95. The molecule has 1 unspecified atom stereocenters. The summed E-state index contributed by atoms with van der Waals surface area (Å²) >= 11 is 4.62. The van der Waals surface area contributed by atoms with Gasteiger partial charge in [-0.15, -0.1) is 11.3 Å². The SMILES string of the molecule is OC(Cc1cc(Br)ccc1F)c1cc2ccc(F)cc2s1. The fraction of sp³-hybridized carbons (Fsp3) is 0.125. The molecule has 3 rings (SSSR count). The second-order valence-corrected chi connectivity index (χ2v) is 6.82. The highest BCUT2D eigenvalue weighted by Gasteiger charge is 2.15. The van der Waals surface area contributed by atoms with Gasteiger partial charge < -0.3 is 5.11 Å². The summed E-state index contributed by atoms with van der Waals surface area (Å²) in [4.78, 5) is 0.704. The van der Waals surface area contributed by atoms with E-state index in [4.69, 9.17) is 0 Å². The predicted octanol–water partition coefficient (Wildman–Crippen LogP) is 5.22. The lowest BCUT2D eigenvalue weighted by Gasteiger charge is -2.09. The minimum Gasteiger partial charge on any atom is -0.387 e. The molecule has 21 heavy (non-hydrogen) atoms. The van der Waals surface area contributed by atoms with Crippen molar-refractivity contribution in [2.24, 2.45) is 0 Å². The summed E-state index contributed by atoms with van der Waals surface area (Å²) in [5.74, 6) is -0.646. The minimum atomic E-state index is -0.811. The zero-order valence-corrected chi connectivity index (χ0v) is 13.2. The van der Waals surface area contributed by atoms with Crippen molar-refractivity contribution in [1.82, 2.24) is 0 Å². The number of halogens is 3. The third-order valence-corrected chi connectivity index (χ3v) is 4.94. The molecule has 1 nitrogen and oxygen atoms in total. The second-order valence-electron chi connectivity index (χ2n) is 4.79. The maximum absolute atomic E-state index is 13.7. The van der Waals surface area contributed by atoms with Crippen molar-refractivity contribution in [3.63, 3.8) is 0 Å². The quantitative estimate of drug-likeness (QED) is 0.671. The summed E-state index contributed by atoms with van der Waals surface area (Å²) in [5.41, 5.74) is 0.445. The van der Waals surface area contributed by atoms with Crippen molar-refractivity contribution < 1.29 is 13.9 Å². The summed E-state index contributed by atoms with van der Waals surface area (Å²) in [7, 11) is 0. The van der Waals surface area contributed by atoms with E-state index in [1.807, 2.05) is 6.07 Å². The Bertz CT molecular complexity index is 800. The van der Waals surface area contributed by atoms with Crippen LogP contribution in [0.25, 0.3) is 10.1 Å². The van der Waals surface area contributed by atoms with Gasteiger partial charge in [0.25, 0.3) is 0 Å². The summed E-state index contributed by atoms with van der Waals surface area (Å²) in [6.07, 6.45) is -0.630. The Morgan fingerprint density at radius 1 is 1.10 bits per heavy atom. The summed E-state index contributed by atoms with van der Waals surface area (Å²) in [5, 5.41) is 11.2. The molecule has 0 aliphatic heterocycles. The van der Waals surface area contributed by atoms with Crippen molar-refractivity contribution in [2.75, 3.05) is 0 Å². The van der Waals surface area contributed by atoms with Gasteiger partial charge in [0.05, 0.1) is 6.10 Å². The summed E-state index contributed by atoms with van der Waals surface area (Å²) in [6.45, 7) is 0. The Hall–Kier alpha value is -1.30. The number of fused-ring (bicyclic) bond motifs is 1. The van der Waals surface area contributed by atoms with Gasteiger partial charge in [0.15, 0.2) is 0 Å². The highest BCUT2D eigenvalue weighted by atomic mass is 79.9. The number of hydrogen-bond acceptors (Lipinski definition) is 2. The van der Waals surface area contributed by atoms with E-state index in [9.17, 15) is 13.9 Å². The Morgan fingerprint density at radius 2 is 1.90 bits per heavy atom. The molecule has 0 aliphatic rings. The van der Waals surface area contributed by atoms with Crippen LogP contribution in [-0.4, -0.2) is 5.11 Å². The topological polar surface area (TPSA) is 20.2 Å². The van der Waals surface area contributed by atoms with Gasteiger partial charge in [0, 0.05) is 20.5 Å². The molecule has 0 saturated carbocycles. The monoisotopic (exact) mass is 368 g/mol. The van der Waals surface area contributed by atoms with Gasteiger partial charge >= 0.3 is 0 Å². The third kappa shape index (κ3) is 3.15. The van der Waals surface area contributed by atoms with Crippen LogP contribution in [0.4, 0.5) is 8.78 Å². The van der Waals surface area contributed by atoms with E-state index in [0.29, 0.717) is 10.4 Å². The minimum absolute atomic E-state index is 0.181. The van der Waals surface area contributed by atoms with Crippen molar-refractivity contribution in [3.8, 4) is 0 Å². The maximum Gasteiger partial charge on any atom is 0.126 e. The van der Waals surface area contributed by atoms with E-state index in [1.54, 1.807) is 18.2 Å². The zero-order valence-electron chi connectivity index (χ0n) is 10.8. The number of rotatable bonds is 3. The van der Waals surface area contributed by atoms with Gasteiger partial charge in [-0.3, -0.25) is 0 Å². The van der Waals surface area contributed by atoms with Crippen LogP contribution >= 0.6 is 27.3 Å². The molecular formula is C16H11BrF2OS. The number of thiophene rings is 1. The molecular weight excluding hydrogens is 358 g/mol. The molecule has 108 valence electrons. The van der Waals surface area contributed by atoms with Crippen LogP contribution in [0, 0.1) is 11.6 Å². The van der Waals surface area contributed by atoms with E-state index in [0.717, 1.165) is 14.6 Å². The first-order chi connectivity index (χ1) is 10.0. The van der Waals surface area contributed by atoms with E-state index in [2.05, 4.69) is 15.9 Å². The van der Waals surface area contributed by atoms with Crippen LogP contribution in [0.3, 0.4) is 0 Å². The van der Waals surface area contributed by atoms with Crippen LogP contribution in [0.15, 0.2) is 46.9 Å². The highest BCUT2D eigenvalue weighted by Crippen LogP contribution is 2.32. The molecule has 0 amide bonds. The molecule has 0 radical (unpaired) electrons. The average Bonchev–Trinajstić information content (AvgIpc) is 2.86. The zero-order chi connectivity index (χ0) is 15.0. The molecule has 1 aromatic heterocycles. The second kappa shape index (κ2) is 5.83. The van der Waals surface area contributed by atoms with Crippen LogP contribution in [0.5, 0.6) is 0 Å². The van der Waals surface area contributed by atoms with Crippen molar-refractivity contribution in [2.45, 2.75) is 12.5 Å². The highest BCUT2D eigenvalue weighted by molar-refractivity contribution is 9.10. The van der Waals surface area contributed by atoms with Gasteiger partial charge in [0.1, 0.15) is 11.6 Å². The first-order valence-electron chi connectivity index (χ1n) is 6.34. The Labute approximate surface area is 133 Å². The molecule has 0 spiro atoms. The number of aliphatic hydroxyl groups excluding tert-OH is 1. The molecule has 2 aromatic carbocycles. The number of benzene rings is 2. The lowest BCUT2D eigenvalue weighted by Crippen LogP contribution is -2.01.